The van der Waals surface area contributed by atoms with Gasteiger partial charge in [-0.15, -0.1) is 0 Å². The molecule has 4 rings (SSSR count). The van der Waals surface area contributed by atoms with Crippen molar-refractivity contribution >= 4 is 45.5 Å². The largest absolute Gasteiger partial charge is 0.480 e. The number of carboxylic acids is 1. The first-order valence-electron chi connectivity index (χ1n) is 15.0. The third-order valence-corrected chi connectivity index (χ3v) is 7.81. The fourth-order valence-electron chi connectivity index (χ4n) is 5.32. The number of benzene rings is 2. The molecule has 2 heterocycles. The molecule has 13 heteroatoms. The summed E-state index contributed by atoms with van der Waals surface area (Å²) in [6.45, 7) is 1.64. The Hall–Kier alpha value is -4.72. The lowest BCUT2D eigenvalue weighted by molar-refractivity contribution is -0.145. The van der Waals surface area contributed by atoms with Crippen molar-refractivity contribution in [3.8, 4) is 0 Å². The highest BCUT2D eigenvalue weighted by Crippen LogP contribution is 2.20. The minimum atomic E-state index is -1.59. The van der Waals surface area contributed by atoms with Gasteiger partial charge in [-0.1, -0.05) is 36.4 Å². The number of carbonyl (C=O) groups excluding carboxylic acids is 3. The molecule has 2 aromatic heterocycles. The number of hydrogen-bond acceptors (Lipinski definition) is 7. The monoisotopic (exact) mass is 619 g/mol. The number of fused-ring (bicyclic) bond motifs is 2. The van der Waals surface area contributed by atoms with Gasteiger partial charge in [0.1, 0.15) is 12.1 Å². The van der Waals surface area contributed by atoms with E-state index in [2.05, 4.69) is 25.9 Å². The number of carboxylic acid groups (broad SMARTS) is 1. The lowest BCUT2D eigenvalue weighted by atomic mass is 10.0. The highest BCUT2D eigenvalue weighted by Gasteiger charge is 2.32. The molecular weight excluding hydrogens is 578 g/mol. The molecule has 3 amide bonds. The first-order valence-corrected chi connectivity index (χ1v) is 15.0. The molecule has 0 spiro atoms. The molecule has 0 bridgehead atoms. The van der Waals surface area contributed by atoms with Crippen molar-refractivity contribution in [3.63, 3.8) is 0 Å². The topological polar surface area (TPSA) is 228 Å². The van der Waals surface area contributed by atoms with Gasteiger partial charge in [-0.2, -0.15) is 0 Å². The summed E-state index contributed by atoms with van der Waals surface area (Å²) in [5.74, 6) is -3.40. The molecule has 0 radical (unpaired) electrons. The summed E-state index contributed by atoms with van der Waals surface area (Å²) in [7, 11) is 0. The van der Waals surface area contributed by atoms with Gasteiger partial charge in [-0.05, 0) is 62.4 Å². The van der Waals surface area contributed by atoms with Crippen molar-refractivity contribution in [1.29, 1.82) is 0 Å². The minimum Gasteiger partial charge on any atom is -0.480 e. The molecule has 11 N–H and O–H groups in total. The minimum absolute atomic E-state index is 0.0112. The van der Waals surface area contributed by atoms with Crippen LogP contribution in [0.2, 0.25) is 0 Å². The first-order chi connectivity index (χ1) is 21.6. The lowest BCUT2D eigenvalue weighted by Crippen LogP contribution is -2.58. The zero-order valence-electron chi connectivity index (χ0n) is 25.1. The number of carbonyl (C=O) groups is 4. The molecule has 0 fully saturated rings. The number of H-pyrrole nitrogens is 2. The molecule has 0 aliphatic carbocycles. The van der Waals surface area contributed by atoms with Gasteiger partial charge in [0.05, 0.1) is 12.1 Å². The van der Waals surface area contributed by atoms with E-state index in [1.54, 1.807) is 12.4 Å². The molecule has 4 aromatic rings. The number of aliphatic hydroxyl groups excluding tert-OH is 1. The highest BCUT2D eigenvalue weighted by atomic mass is 16.4. The number of aliphatic carboxylic acids is 1. The van der Waals surface area contributed by atoms with E-state index in [0.717, 1.165) is 27.4 Å². The van der Waals surface area contributed by atoms with Crippen LogP contribution in [0.1, 0.15) is 37.3 Å². The van der Waals surface area contributed by atoms with Crippen LogP contribution in [-0.2, 0) is 32.0 Å². The Balaban J connectivity index is 1.53. The van der Waals surface area contributed by atoms with E-state index in [1.165, 1.54) is 6.92 Å². The van der Waals surface area contributed by atoms with Crippen LogP contribution < -0.4 is 27.4 Å². The Labute approximate surface area is 260 Å². The lowest BCUT2D eigenvalue weighted by Gasteiger charge is -2.26. The molecule has 2 aromatic carbocycles. The second kappa shape index (κ2) is 15.3. The van der Waals surface area contributed by atoms with Crippen molar-refractivity contribution in [2.75, 3.05) is 6.54 Å². The first kappa shape index (κ1) is 33.2. The molecule has 0 saturated carbocycles. The maximum Gasteiger partial charge on any atom is 0.328 e. The summed E-state index contributed by atoms with van der Waals surface area (Å²) >= 11 is 0. The Morgan fingerprint density at radius 3 is 1.87 bits per heavy atom. The Kier molecular flexibility index (Phi) is 11.3. The predicted octanol–water partition coefficient (Wildman–Crippen LogP) is 0.811. The number of amides is 3. The molecule has 0 aliphatic heterocycles. The van der Waals surface area contributed by atoms with Gasteiger partial charge in [0.15, 0.2) is 6.04 Å². The fourth-order valence-corrected chi connectivity index (χ4v) is 5.32. The smallest absolute Gasteiger partial charge is 0.328 e. The van der Waals surface area contributed by atoms with Gasteiger partial charge in [0.25, 0.3) is 0 Å². The van der Waals surface area contributed by atoms with E-state index in [1.807, 2.05) is 48.5 Å². The quantitative estimate of drug-likeness (QED) is 0.0813. The van der Waals surface area contributed by atoms with Crippen molar-refractivity contribution in [2.45, 2.75) is 69.3 Å². The number of rotatable bonds is 16. The average Bonchev–Trinajstić information content (AvgIpc) is 3.62. The van der Waals surface area contributed by atoms with Gasteiger partial charge < -0.3 is 47.6 Å². The molecule has 240 valence electrons. The van der Waals surface area contributed by atoms with Gasteiger partial charge in [-0.3, -0.25) is 14.4 Å². The van der Waals surface area contributed by atoms with Crippen LogP contribution in [0, 0.1) is 0 Å². The molecule has 0 aliphatic rings. The Morgan fingerprint density at radius 1 is 0.778 bits per heavy atom. The second-order valence-corrected chi connectivity index (χ2v) is 11.2. The molecular formula is C32H41N7O6. The molecule has 5 atom stereocenters. The predicted molar refractivity (Wildman–Crippen MR) is 170 cm³/mol. The van der Waals surface area contributed by atoms with E-state index >= 15 is 0 Å². The van der Waals surface area contributed by atoms with E-state index in [-0.39, 0.29) is 19.3 Å². The van der Waals surface area contributed by atoms with Gasteiger partial charge in [-0.25, -0.2) is 4.79 Å². The third kappa shape index (κ3) is 8.47. The second-order valence-electron chi connectivity index (χ2n) is 11.2. The van der Waals surface area contributed by atoms with Crippen LogP contribution in [0.4, 0.5) is 0 Å². The number of aromatic amines is 2. The fraction of sp³-hybridized carbons (Fsp3) is 0.375. The normalized spacial score (nSPS) is 14.8. The van der Waals surface area contributed by atoms with Crippen molar-refractivity contribution in [3.05, 3.63) is 72.1 Å². The summed E-state index contributed by atoms with van der Waals surface area (Å²) < 4.78 is 0. The highest BCUT2D eigenvalue weighted by molar-refractivity contribution is 5.95. The number of nitrogens with one attached hydrogen (secondary N) is 5. The number of para-hydroxylation sites is 2. The number of aromatic nitrogens is 2. The maximum absolute atomic E-state index is 13.7. The van der Waals surface area contributed by atoms with Gasteiger partial charge >= 0.3 is 5.97 Å². The van der Waals surface area contributed by atoms with Crippen LogP contribution in [0.25, 0.3) is 21.8 Å². The summed E-state index contributed by atoms with van der Waals surface area (Å²) in [6.07, 6.45) is 3.73. The van der Waals surface area contributed by atoms with Crippen LogP contribution >= 0.6 is 0 Å². The van der Waals surface area contributed by atoms with E-state index in [9.17, 15) is 29.4 Å². The molecule has 13 nitrogen and oxygen atoms in total. The van der Waals surface area contributed by atoms with Gasteiger partial charge in [0.2, 0.25) is 17.7 Å². The zero-order chi connectivity index (χ0) is 32.5. The summed E-state index contributed by atoms with van der Waals surface area (Å²) in [4.78, 5) is 58.3. The maximum atomic E-state index is 13.7. The van der Waals surface area contributed by atoms with E-state index < -0.39 is 54.0 Å². The zero-order valence-corrected chi connectivity index (χ0v) is 25.1. The molecule has 0 saturated heterocycles. The standard InChI is InChI=1S/C32H41N7O6/c1-18(40)28(32(44)45)39-31(43)27(15-20-17-36-25-11-5-3-9-22(20)25)38-30(42)26(12-6-7-13-33)37-29(41)23(34)14-19-16-35-24-10-4-2-8-21(19)24/h2-5,8-11,16-18,23,26-28,35-36,40H,6-7,12-15,33-34H2,1H3,(H,37,41)(H,38,42)(H,39,43)(H,44,45). The Bertz CT molecular complexity index is 1630. The van der Waals surface area contributed by atoms with Crippen LogP contribution in [0.5, 0.6) is 0 Å². The Morgan fingerprint density at radius 2 is 1.31 bits per heavy atom. The SMILES string of the molecule is CC(O)C(NC(=O)C(Cc1c[nH]c2ccccc12)NC(=O)C(CCCCN)NC(=O)C(N)Cc1c[nH]c2ccccc12)C(=O)O. The third-order valence-electron chi connectivity index (χ3n) is 7.81. The summed E-state index contributed by atoms with van der Waals surface area (Å²) in [5.41, 5.74) is 15.3. The summed E-state index contributed by atoms with van der Waals surface area (Å²) in [5, 5.41) is 29.0. The number of unbranched alkanes of at least 4 members (excludes halogenated alkanes) is 1. The van der Waals surface area contributed by atoms with Crippen molar-refractivity contribution < 1.29 is 29.4 Å². The van der Waals surface area contributed by atoms with Crippen LogP contribution in [-0.4, -0.2) is 80.7 Å². The van der Waals surface area contributed by atoms with E-state index in [4.69, 9.17) is 11.5 Å². The molecule has 5 unspecified atom stereocenters. The number of hydrogen-bond donors (Lipinski definition) is 9. The van der Waals surface area contributed by atoms with Crippen LogP contribution in [0.15, 0.2) is 60.9 Å². The van der Waals surface area contributed by atoms with Gasteiger partial charge in [0, 0.05) is 40.6 Å². The van der Waals surface area contributed by atoms with Crippen molar-refractivity contribution in [2.24, 2.45) is 11.5 Å². The number of nitrogens with two attached hydrogens (primary N) is 2. The van der Waals surface area contributed by atoms with Crippen LogP contribution in [0.3, 0.4) is 0 Å². The average molecular weight is 620 g/mol. The molecule has 45 heavy (non-hydrogen) atoms. The summed E-state index contributed by atoms with van der Waals surface area (Å²) in [6, 6.07) is 10.2. The van der Waals surface area contributed by atoms with E-state index in [0.29, 0.717) is 24.9 Å². The van der Waals surface area contributed by atoms with Crippen molar-refractivity contribution in [1.82, 2.24) is 25.9 Å². The number of aliphatic hydroxyl groups is 1.